The minimum absolute atomic E-state index is 0.407. The van der Waals surface area contributed by atoms with Crippen LogP contribution in [0.2, 0.25) is 0 Å². The van der Waals surface area contributed by atoms with Gasteiger partial charge >= 0.3 is 5.97 Å². The van der Waals surface area contributed by atoms with Crippen LogP contribution in [-0.4, -0.2) is 5.97 Å². The molecule has 0 N–H and O–H groups in total. The lowest BCUT2D eigenvalue weighted by atomic mass is 9.99. The van der Waals surface area contributed by atoms with Gasteiger partial charge in [-0.05, 0) is 57.4 Å². The van der Waals surface area contributed by atoms with Crippen molar-refractivity contribution in [3.05, 3.63) is 88.4 Å². The molecule has 3 aromatic carbocycles. The molecule has 0 spiro atoms. The fourth-order valence-electron chi connectivity index (χ4n) is 2.33. The monoisotopic (exact) mass is 377 g/mol. The molecule has 0 radical (unpaired) electrons. The highest BCUT2D eigenvalue weighted by Crippen LogP contribution is 2.28. The Morgan fingerprint density at radius 1 is 0.958 bits per heavy atom. The van der Waals surface area contributed by atoms with E-state index >= 15 is 0 Å². The Hall–Kier alpha value is -2.90. The summed E-state index contributed by atoms with van der Waals surface area (Å²) in [6, 6.07) is 23.7. The Morgan fingerprint density at radius 3 is 2.42 bits per heavy atom. The number of hydrogen-bond acceptors (Lipinski definition) is 3. The minimum atomic E-state index is -0.454. The molecule has 0 aliphatic rings. The van der Waals surface area contributed by atoms with Crippen molar-refractivity contribution in [1.82, 2.24) is 0 Å². The Balaban J connectivity index is 1.98. The van der Waals surface area contributed by atoms with E-state index in [1.165, 1.54) is 0 Å². The smallest absolute Gasteiger partial charge is 0.344 e. The maximum atomic E-state index is 12.5. The summed E-state index contributed by atoms with van der Waals surface area (Å²) in [5, 5.41) is 9.26. The first-order chi connectivity index (χ1) is 11.7. The van der Waals surface area contributed by atoms with Crippen LogP contribution >= 0.6 is 15.9 Å². The molecule has 0 unspecified atom stereocenters. The standard InChI is InChI=1S/C20H12BrNO2/c21-19-11-10-14(17-9-5-4-6-15(17)13-22)12-18(19)20(23)24-16-7-2-1-3-8-16/h1-12H. The maximum absolute atomic E-state index is 12.5. The predicted molar refractivity (Wildman–Crippen MR) is 95.7 cm³/mol. The number of benzene rings is 3. The highest BCUT2D eigenvalue weighted by molar-refractivity contribution is 9.10. The first-order valence-electron chi connectivity index (χ1n) is 7.25. The van der Waals surface area contributed by atoms with Crippen molar-refractivity contribution in [2.45, 2.75) is 0 Å². The molecule has 24 heavy (non-hydrogen) atoms. The van der Waals surface area contributed by atoms with Crippen LogP contribution in [0.5, 0.6) is 5.75 Å². The lowest BCUT2D eigenvalue weighted by Crippen LogP contribution is -2.09. The zero-order valence-electron chi connectivity index (χ0n) is 12.6. The molecule has 3 rings (SSSR count). The molecule has 0 bridgehead atoms. The summed E-state index contributed by atoms with van der Waals surface area (Å²) < 4.78 is 6.04. The number of esters is 1. The molecule has 3 nitrogen and oxygen atoms in total. The van der Waals surface area contributed by atoms with E-state index in [-0.39, 0.29) is 0 Å². The average Bonchev–Trinajstić information content (AvgIpc) is 2.63. The number of hydrogen-bond donors (Lipinski definition) is 0. The molecule has 4 heteroatoms. The second-order valence-electron chi connectivity index (χ2n) is 5.05. The average molecular weight is 378 g/mol. The van der Waals surface area contributed by atoms with E-state index in [9.17, 15) is 10.1 Å². The van der Waals surface area contributed by atoms with E-state index in [4.69, 9.17) is 4.74 Å². The van der Waals surface area contributed by atoms with Crippen LogP contribution in [0.1, 0.15) is 15.9 Å². The van der Waals surface area contributed by atoms with E-state index < -0.39 is 5.97 Å². The van der Waals surface area contributed by atoms with Crippen LogP contribution < -0.4 is 4.74 Å². The molecule has 0 saturated carbocycles. The molecular formula is C20H12BrNO2. The summed E-state index contributed by atoms with van der Waals surface area (Å²) in [7, 11) is 0. The van der Waals surface area contributed by atoms with Crippen LogP contribution in [0.25, 0.3) is 11.1 Å². The third-order valence-corrected chi connectivity index (χ3v) is 4.19. The fourth-order valence-corrected chi connectivity index (χ4v) is 2.74. The lowest BCUT2D eigenvalue weighted by molar-refractivity contribution is 0.0734. The van der Waals surface area contributed by atoms with E-state index in [1.54, 1.807) is 42.5 Å². The number of para-hydroxylation sites is 1. The van der Waals surface area contributed by atoms with Crippen molar-refractivity contribution in [2.24, 2.45) is 0 Å². The van der Waals surface area contributed by atoms with E-state index in [2.05, 4.69) is 22.0 Å². The van der Waals surface area contributed by atoms with Crippen molar-refractivity contribution in [3.63, 3.8) is 0 Å². The van der Waals surface area contributed by atoms with E-state index in [1.807, 2.05) is 30.3 Å². The van der Waals surface area contributed by atoms with Gasteiger partial charge in [0, 0.05) is 4.47 Å². The second-order valence-corrected chi connectivity index (χ2v) is 5.91. The third kappa shape index (κ3) is 3.37. The highest BCUT2D eigenvalue weighted by Gasteiger charge is 2.15. The SMILES string of the molecule is N#Cc1ccccc1-c1ccc(Br)c(C(=O)Oc2ccccc2)c1. The fraction of sp³-hybridized carbons (Fsp3) is 0. The van der Waals surface area contributed by atoms with Crippen molar-refractivity contribution in [1.29, 1.82) is 5.26 Å². The Labute approximate surface area is 148 Å². The molecule has 0 saturated heterocycles. The van der Waals surface area contributed by atoms with Crippen molar-refractivity contribution < 1.29 is 9.53 Å². The third-order valence-electron chi connectivity index (χ3n) is 3.50. The normalized spacial score (nSPS) is 10.0. The summed E-state index contributed by atoms with van der Waals surface area (Å²) in [5.74, 6) is 0.0293. The molecule has 116 valence electrons. The van der Waals surface area contributed by atoms with Gasteiger partial charge in [-0.25, -0.2) is 4.79 Å². The molecule has 0 fully saturated rings. The van der Waals surface area contributed by atoms with Gasteiger partial charge in [0.2, 0.25) is 0 Å². The maximum Gasteiger partial charge on any atom is 0.344 e. The quantitative estimate of drug-likeness (QED) is 0.465. The number of halogens is 1. The summed E-state index contributed by atoms with van der Waals surface area (Å²) in [6.45, 7) is 0. The number of rotatable bonds is 3. The largest absolute Gasteiger partial charge is 0.423 e. The van der Waals surface area contributed by atoms with Crippen LogP contribution in [0.4, 0.5) is 0 Å². The van der Waals surface area contributed by atoms with Crippen LogP contribution in [-0.2, 0) is 0 Å². The van der Waals surface area contributed by atoms with Gasteiger partial charge in [-0.3, -0.25) is 0 Å². The molecule has 3 aromatic rings. The first kappa shape index (κ1) is 16.0. The molecule has 0 atom stereocenters. The van der Waals surface area contributed by atoms with E-state index in [0.29, 0.717) is 21.3 Å². The summed E-state index contributed by atoms with van der Waals surface area (Å²) in [4.78, 5) is 12.5. The van der Waals surface area contributed by atoms with Crippen molar-refractivity contribution in [3.8, 4) is 22.9 Å². The zero-order valence-corrected chi connectivity index (χ0v) is 14.2. The van der Waals surface area contributed by atoms with Gasteiger partial charge in [0.1, 0.15) is 5.75 Å². The molecular weight excluding hydrogens is 366 g/mol. The van der Waals surface area contributed by atoms with Gasteiger partial charge < -0.3 is 4.74 Å². The number of ether oxygens (including phenoxy) is 1. The first-order valence-corrected chi connectivity index (χ1v) is 8.04. The lowest BCUT2D eigenvalue weighted by Gasteiger charge is -2.09. The summed E-state index contributed by atoms with van der Waals surface area (Å²) >= 11 is 3.39. The second kappa shape index (κ2) is 7.12. The van der Waals surface area contributed by atoms with Gasteiger partial charge in [-0.2, -0.15) is 5.26 Å². The van der Waals surface area contributed by atoms with Crippen molar-refractivity contribution >= 4 is 21.9 Å². The Kier molecular flexibility index (Phi) is 4.74. The number of nitrogens with zero attached hydrogens (tertiary/aromatic N) is 1. The van der Waals surface area contributed by atoms with Crippen molar-refractivity contribution in [2.75, 3.05) is 0 Å². The van der Waals surface area contributed by atoms with Gasteiger partial charge in [-0.1, -0.05) is 42.5 Å². The van der Waals surface area contributed by atoms with Crippen LogP contribution in [0, 0.1) is 11.3 Å². The predicted octanol–water partition coefficient (Wildman–Crippen LogP) is 5.21. The Bertz CT molecular complexity index is 930. The number of carbonyl (C=O) groups is 1. The van der Waals surface area contributed by atoms with Gasteiger partial charge in [0.15, 0.2) is 0 Å². The van der Waals surface area contributed by atoms with Crippen LogP contribution in [0.15, 0.2) is 77.3 Å². The minimum Gasteiger partial charge on any atom is -0.423 e. The summed E-state index contributed by atoms with van der Waals surface area (Å²) in [5.41, 5.74) is 2.53. The molecule has 0 aliphatic heterocycles. The topological polar surface area (TPSA) is 50.1 Å². The molecule has 0 heterocycles. The number of nitriles is 1. The molecule has 0 amide bonds. The van der Waals surface area contributed by atoms with Gasteiger partial charge in [0.25, 0.3) is 0 Å². The number of carbonyl (C=O) groups excluding carboxylic acids is 1. The zero-order chi connectivity index (χ0) is 16.9. The van der Waals surface area contributed by atoms with Gasteiger partial charge in [-0.15, -0.1) is 0 Å². The summed E-state index contributed by atoms with van der Waals surface area (Å²) in [6.07, 6.45) is 0. The Morgan fingerprint density at radius 2 is 1.67 bits per heavy atom. The van der Waals surface area contributed by atoms with Crippen LogP contribution in [0.3, 0.4) is 0 Å². The van der Waals surface area contributed by atoms with E-state index in [0.717, 1.165) is 11.1 Å². The van der Waals surface area contributed by atoms with Gasteiger partial charge in [0.05, 0.1) is 17.2 Å². The molecule has 0 aliphatic carbocycles. The molecule has 0 aromatic heterocycles. The highest BCUT2D eigenvalue weighted by atomic mass is 79.9.